The zero-order valence-electron chi connectivity index (χ0n) is 22.4. The Morgan fingerprint density at radius 2 is 1.88 bits per heavy atom. The Labute approximate surface area is 229 Å². The minimum Gasteiger partial charge on any atom is -0.458 e. The number of pyridine rings is 2. The van der Waals surface area contributed by atoms with Gasteiger partial charge in [0.05, 0.1) is 29.0 Å². The van der Waals surface area contributed by atoms with E-state index in [0.717, 1.165) is 27.6 Å². The minimum atomic E-state index is -1.88. The average molecular weight is 541 g/mol. The Balaban J connectivity index is 1.35. The lowest BCUT2D eigenvalue weighted by atomic mass is 9.86. The molecule has 2 aromatic heterocycles. The van der Waals surface area contributed by atoms with E-state index in [0.29, 0.717) is 35.6 Å². The van der Waals surface area contributed by atoms with Crippen LogP contribution in [0.5, 0.6) is 5.75 Å². The van der Waals surface area contributed by atoms with E-state index in [9.17, 15) is 19.5 Å². The molecule has 6 rings (SSSR count). The van der Waals surface area contributed by atoms with Crippen molar-refractivity contribution in [3.05, 3.63) is 92.3 Å². The Morgan fingerprint density at radius 1 is 1.10 bits per heavy atom. The van der Waals surface area contributed by atoms with E-state index in [1.54, 1.807) is 35.8 Å². The summed E-state index contributed by atoms with van der Waals surface area (Å²) in [4.78, 5) is 43.2. The highest BCUT2D eigenvalue weighted by Gasteiger charge is 2.45. The Bertz CT molecular complexity index is 1760. The van der Waals surface area contributed by atoms with E-state index in [2.05, 4.69) is 0 Å². The Morgan fingerprint density at radius 3 is 2.60 bits per heavy atom. The molecule has 2 aromatic carbocycles. The summed E-state index contributed by atoms with van der Waals surface area (Å²) in [7, 11) is 0. The van der Waals surface area contributed by atoms with E-state index in [4.69, 9.17) is 19.2 Å². The molecule has 0 saturated carbocycles. The van der Waals surface area contributed by atoms with Crippen molar-refractivity contribution in [3.8, 4) is 17.1 Å². The first-order valence-corrected chi connectivity index (χ1v) is 13.3. The molecule has 9 nitrogen and oxygen atoms in total. The summed E-state index contributed by atoms with van der Waals surface area (Å²) in [6, 6.07) is 14.6. The van der Waals surface area contributed by atoms with Gasteiger partial charge in [-0.05, 0) is 55.2 Å². The highest BCUT2D eigenvalue weighted by molar-refractivity contribution is 5.90. The van der Waals surface area contributed by atoms with E-state index in [1.807, 2.05) is 38.1 Å². The Kier molecular flexibility index (Phi) is 6.18. The largest absolute Gasteiger partial charge is 0.514 e. The number of rotatable bonds is 5. The number of hydrogen-bond acceptors (Lipinski definition) is 8. The number of ether oxygens (including phenoxy) is 3. The van der Waals surface area contributed by atoms with Gasteiger partial charge in [0.2, 0.25) is 0 Å². The molecule has 0 bridgehead atoms. The van der Waals surface area contributed by atoms with Gasteiger partial charge >= 0.3 is 12.1 Å². The smallest absolute Gasteiger partial charge is 0.458 e. The molecule has 204 valence electrons. The zero-order chi connectivity index (χ0) is 28.2. The fraction of sp³-hybridized carbons (Fsp3) is 0.290. The number of nitrogens with zero attached hydrogens (tertiary/aromatic N) is 2. The maximum Gasteiger partial charge on any atom is 0.514 e. The van der Waals surface area contributed by atoms with E-state index >= 15 is 0 Å². The molecule has 9 heteroatoms. The number of esters is 1. The number of cyclic esters (lactones) is 1. The monoisotopic (exact) mass is 540 g/mol. The quantitative estimate of drug-likeness (QED) is 0.253. The lowest BCUT2D eigenvalue weighted by Gasteiger charge is -2.31. The van der Waals surface area contributed by atoms with Gasteiger partial charge in [-0.1, -0.05) is 43.7 Å². The van der Waals surface area contributed by atoms with Crippen molar-refractivity contribution in [1.29, 1.82) is 0 Å². The van der Waals surface area contributed by atoms with Crippen LogP contribution in [0.25, 0.3) is 22.3 Å². The molecule has 1 N–H and O–H groups in total. The third-order valence-corrected chi connectivity index (χ3v) is 7.81. The average Bonchev–Trinajstić information content (AvgIpc) is 3.32. The first kappa shape index (κ1) is 25.8. The third-order valence-electron chi connectivity index (χ3n) is 7.81. The molecule has 4 heterocycles. The third kappa shape index (κ3) is 4.05. The van der Waals surface area contributed by atoms with Crippen LogP contribution in [-0.4, -0.2) is 26.8 Å². The SMILES string of the molecule is CCc1c2c(nc3ccc(OC(=O)OCc4ccc(C)cc4)cc13)-c1cc3c(c(=O)n1C2)COC(=O)[C@]3(O)CC. The predicted molar refractivity (Wildman–Crippen MR) is 146 cm³/mol. The van der Waals surface area contributed by atoms with Crippen molar-refractivity contribution in [1.82, 2.24) is 9.55 Å². The first-order chi connectivity index (χ1) is 19.2. The molecular formula is C31H28N2O7. The molecule has 0 saturated heterocycles. The van der Waals surface area contributed by atoms with Gasteiger partial charge in [-0.3, -0.25) is 4.79 Å². The molecule has 0 spiro atoms. The van der Waals surface area contributed by atoms with Gasteiger partial charge in [0, 0.05) is 16.5 Å². The molecule has 2 aliphatic rings. The second-order valence-electron chi connectivity index (χ2n) is 10.2. The fourth-order valence-electron chi connectivity index (χ4n) is 5.56. The van der Waals surface area contributed by atoms with E-state index in [1.165, 1.54) is 0 Å². The zero-order valence-corrected chi connectivity index (χ0v) is 22.4. The van der Waals surface area contributed by atoms with E-state index < -0.39 is 17.7 Å². The second-order valence-corrected chi connectivity index (χ2v) is 10.2. The number of benzene rings is 2. The summed E-state index contributed by atoms with van der Waals surface area (Å²) in [5.74, 6) is -0.430. The number of fused-ring (bicyclic) bond motifs is 5. The van der Waals surface area contributed by atoms with Gasteiger partial charge in [0.1, 0.15) is 19.0 Å². The van der Waals surface area contributed by atoms with Crippen LogP contribution in [0.2, 0.25) is 0 Å². The van der Waals surface area contributed by atoms with Crippen LogP contribution in [0.1, 0.15) is 53.6 Å². The number of aliphatic hydroxyl groups is 1. The fourth-order valence-corrected chi connectivity index (χ4v) is 5.56. The number of carbonyl (C=O) groups excluding carboxylic acids is 2. The maximum atomic E-state index is 13.5. The first-order valence-electron chi connectivity index (χ1n) is 13.3. The number of aryl methyl sites for hydroxylation is 2. The normalized spacial score (nSPS) is 17.1. The summed E-state index contributed by atoms with van der Waals surface area (Å²) in [6.07, 6.45) is -0.0845. The van der Waals surface area contributed by atoms with Gasteiger partial charge in [0.25, 0.3) is 5.56 Å². The van der Waals surface area contributed by atoms with Crippen LogP contribution in [0.3, 0.4) is 0 Å². The molecule has 0 aliphatic carbocycles. The summed E-state index contributed by atoms with van der Waals surface area (Å²) in [5.41, 5.74) is 4.05. The highest BCUT2D eigenvalue weighted by Crippen LogP contribution is 2.40. The van der Waals surface area contributed by atoms with Crippen LogP contribution >= 0.6 is 0 Å². The standard InChI is InChI=1S/C31H28N2O7/c1-4-20-21-12-19(40-30(36)39-15-18-8-6-17(3)7-9-18)10-11-25(21)32-27-22(20)14-33-26(27)13-24-23(28(33)34)16-38-29(35)31(24,37)5-2/h6-13,37H,4-5,14-16H2,1-3H3/t31-/m0/s1. The number of hydrogen-bond donors (Lipinski definition) is 1. The molecule has 1 atom stereocenters. The maximum absolute atomic E-state index is 13.5. The van der Waals surface area contributed by atoms with Crippen LogP contribution in [0.4, 0.5) is 4.79 Å². The van der Waals surface area contributed by atoms with Crippen LogP contribution in [-0.2, 0) is 46.0 Å². The molecule has 0 radical (unpaired) electrons. The van der Waals surface area contributed by atoms with Gasteiger partial charge in [-0.2, -0.15) is 0 Å². The molecule has 40 heavy (non-hydrogen) atoms. The van der Waals surface area contributed by atoms with Gasteiger partial charge in [-0.25, -0.2) is 14.6 Å². The lowest BCUT2D eigenvalue weighted by Crippen LogP contribution is -2.44. The van der Waals surface area contributed by atoms with Crippen molar-refractivity contribution in [3.63, 3.8) is 0 Å². The van der Waals surface area contributed by atoms with Gasteiger partial charge in [0.15, 0.2) is 5.60 Å². The van der Waals surface area contributed by atoms with Crippen LogP contribution in [0, 0.1) is 6.92 Å². The highest BCUT2D eigenvalue weighted by atomic mass is 16.7. The molecule has 0 amide bonds. The van der Waals surface area contributed by atoms with Crippen molar-refractivity contribution >= 4 is 23.0 Å². The Hall–Kier alpha value is -4.50. The predicted octanol–water partition coefficient (Wildman–Crippen LogP) is 4.67. The van der Waals surface area contributed by atoms with Gasteiger partial charge < -0.3 is 23.9 Å². The number of aromatic nitrogens is 2. The second kappa shape index (κ2) is 9.60. The molecular weight excluding hydrogens is 512 g/mol. The van der Waals surface area contributed by atoms with Crippen molar-refractivity contribution in [2.75, 3.05) is 0 Å². The van der Waals surface area contributed by atoms with Crippen molar-refractivity contribution in [2.45, 2.75) is 59.0 Å². The number of carbonyl (C=O) groups is 2. The van der Waals surface area contributed by atoms with Crippen molar-refractivity contribution < 1.29 is 28.9 Å². The molecule has 2 aliphatic heterocycles. The van der Waals surface area contributed by atoms with Gasteiger partial charge in [-0.15, -0.1) is 0 Å². The van der Waals surface area contributed by atoms with E-state index in [-0.39, 0.29) is 36.3 Å². The lowest BCUT2D eigenvalue weighted by molar-refractivity contribution is -0.172. The van der Waals surface area contributed by atoms with Crippen molar-refractivity contribution in [2.24, 2.45) is 0 Å². The molecule has 0 fully saturated rings. The topological polar surface area (TPSA) is 117 Å². The van der Waals surface area contributed by atoms with Crippen LogP contribution in [0.15, 0.2) is 53.3 Å². The minimum absolute atomic E-state index is 0.0795. The molecule has 0 unspecified atom stereocenters. The summed E-state index contributed by atoms with van der Waals surface area (Å²) in [5, 5.41) is 11.9. The van der Waals surface area contributed by atoms with Crippen LogP contribution < -0.4 is 10.3 Å². The summed E-state index contributed by atoms with van der Waals surface area (Å²) in [6.45, 7) is 5.89. The molecule has 4 aromatic rings. The summed E-state index contributed by atoms with van der Waals surface area (Å²) < 4.78 is 17.5. The summed E-state index contributed by atoms with van der Waals surface area (Å²) >= 11 is 0.